The van der Waals surface area contributed by atoms with Gasteiger partial charge in [0, 0.05) is 12.7 Å². The highest BCUT2D eigenvalue weighted by molar-refractivity contribution is 7.98. The fourth-order valence-corrected chi connectivity index (χ4v) is 3.57. The molecule has 0 amide bonds. The van der Waals surface area contributed by atoms with E-state index in [2.05, 4.69) is 4.98 Å². The van der Waals surface area contributed by atoms with Crippen LogP contribution in [0.15, 0.2) is 65.7 Å². The van der Waals surface area contributed by atoms with Crippen LogP contribution in [0, 0.1) is 17.0 Å². The van der Waals surface area contributed by atoms with Gasteiger partial charge in [-0.05, 0) is 21.0 Å². The van der Waals surface area contributed by atoms with Gasteiger partial charge in [-0.25, -0.2) is 0 Å². The zero-order valence-electron chi connectivity index (χ0n) is 13.3. The van der Waals surface area contributed by atoms with E-state index in [-0.39, 0.29) is 5.82 Å². The van der Waals surface area contributed by atoms with Gasteiger partial charge in [-0.3, -0.25) is 4.57 Å². The van der Waals surface area contributed by atoms with Gasteiger partial charge in [0.05, 0.1) is 6.54 Å². The lowest BCUT2D eigenvalue weighted by Gasteiger charge is -2.08. The van der Waals surface area contributed by atoms with E-state index in [1.165, 1.54) is 11.8 Å². The molecular formula is C18H17N3O2S. The Labute approximate surface area is 144 Å². The summed E-state index contributed by atoms with van der Waals surface area (Å²) in [7, 11) is 0. The molecule has 0 bridgehead atoms. The van der Waals surface area contributed by atoms with Crippen molar-refractivity contribution in [2.24, 2.45) is 0 Å². The lowest BCUT2D eigenvalue weighted by molar-refractivity contribution is -0.392. The van der Waals surface area contributed by atoms with Crippen molar-refractivity contribution in [1.82, 2.24) is 9.55 Å². The highest BCUT2D eigenvalue weighted by Crippen LogP contribution is 2.32. The van der Waals surface area contributed by atoms with Crippen LogP contribution in [0.4, 0.5) is 5.82 Å². The van der Waals surface area contributed by atoms with Crippen LogP contribution < -0.4 is 0 Å². The van der Waals surface area contributed by atoms with Crippen LogP contribution in [0.1, 0.15) is 17.0 Å². The van der Waals surface area contributed by atoms with Crippen molar-refractivity contribution in [1.29, 1.82) is 0 Å². The molecular weight excluding hydrogens is 322 g/mol. The Bertz CT molecular complexity index is 832. The number of imidazole rings is 1. The Morgan fingerprint density at radius 2 is 1.62 bits per heavy atom. The summed E-state index contributed by atoms with van der Waals surface area (Å²) in [5.74, 6) is 1.26. The zero-order chi connectivity index (χ0) is 16.9. The lowest BCUT2D eigenvalue weighted by Crippen LogP contribution is -2.04. The van der Waals surface area contributed by atoms with Crippen molar-refractivity contribution in [3.8, 4) is 0 Å². The molecule has 0 saturated heterocycles. The van der Waals surface area contributed by atoms with E-state index >= 15 is 0 Å². The van der Waals surface area contributed by atoms with Crippen molar-refractivity contribution in [2.45, 2.75) is 24.2 Å². The van der Waals surface area contributed by atoms with E-state index in [9.17, 15) is 10.1 Å². The van der Waals surface area contributed by atoms with Crippen LogP contribution >= 0.6 is 11.8 Å². The Morgan fingerprint density at radius 3 is 2.21 bits per heavy atom. The molecule has 2 aromatic carbocycles. The SMILES string of the molecule is Cc1nc([N+](=O)[O-])c(SCc2ccccc2)n1Cc1ccccc1. The molecule has 1 heterocycles. The predicted molar refractivity (Wildman–Crippen MR) is 95.2 cm³/mol. The lowest BCUT2D eigenvalue weighted by atomic mass is 10.2. The van der Waals surface area contributed by atoms with E-state index in [1.54, 1.807) is 0 Å². The normalized spacial score (nSPS) is 10.7. The molecule has 0 aliphatic carbocycles. The highest BCUT2D eigenvalue weighted by atomic mass is 32.2. The van der Waals surface area contributed by atoms with Crippen LogP contribution in [0.25, 0.3) is 0 Å². The van der Waals surface area contributed by atoms with Gasteiger partial charge in [-0.1, -0.05) is 72.4 Å². The second kappa shape index (κ2) is 7.31. The first kappa shape index (κ1) is 16.3. The van der Waals surface area contributed by atoms with Crippen molar-refractivity contribution in [3.63, 3.8) is 0 Å². The highest BCUT2D eigenvalue weighted by Gasteiger charge is 2.25. The van der Waals surface area contributed by atoms with E-state index in [1.807, 2.05) is 72.2 Å². The Morgan fingerprint density at radius 1 is 1.04 bits per heavy atom. The first-order valence-corrected chi connectivity index (χ1v) is 8.56. The molecule has 0 aliphatic rings. The van der Waals surface area contributed by atoms with Crippen LogP contribution in [0.3, 0.4) is 0 Å². The summed E-state index contributed by atoms with van der Waals surface area (Å²) in [6, 6.07) is 19.8. The molecule has 6 heteroatoms. The number of hydrogen-bond acceptors (Lipinski definition) is 4. The third-order valence-electron chi connectivity index (χ3n) is 3.67. The first-order valence-electron chi connectivity index (χ1n) is 7.57. The van der Waals surface area contributed by atoms with Crippen LogP contribution in [0.5, 0.6) is 0 Å². The standard InChI is InChI=1S/C18H17N3O2S/c1-14-19-17(21(22)23)18(24-13-16-10-6-3-7-11-16)20(14)12-15-8-4-2-5-9-15/h2-11H,12-13H2,1H3. The van der Waals surface area contributed by atoms with E-state index in [4.69, 9.17) is 0 Å². The van der Waals surface area contributed by atoms with Gasteiger partial charge in [0.1, 0.15) is 0 Å². The number of benzene rings is 2. The molecule has 0 N–H and O–H groups in total. The number of nitrogens with zero attached hydrogens (tertiary/aromatic N) is 3. The summed E-state index contributed by atoms with van der Waals surface area (Å²) in [6.07, 6.45) is 0. The summed E-state index contributed by atoms with van der Waals surface area (Å²) < 4.78 is 1.92. The van der Waals surface area contributed by atoms with Crippen molar-refractivity contribution >= 4 is 17.6 Å². The molecule has 0 fully saturated rings. The van der Waals surface area contributed by atoms with Crippen LogP contribution in [-0.2, 0) is 12.3 Å². The van der Waals surface area contributed by atoms with E-state index < -0.39 is 4.92 Å². The largest absolute Gasteiger partial charge is 0.396 e. The molecule has 0 spiro atoms. The zero-order valence-corrected chi connectivity index (χ0v) is 14.1. The van der Waals surface area contributed by atoms with Crippen LogP contribution in [-0.4, -0.2) is 14.5 Å². The first-order chi connectivity index (χ1) is 11.6. The van der Waals surface area contributed by atoms with Gasteiger partial charge in [0.2, 0.25) is 5.82 Å². The summed E-state index contributed by atoms with van der Waals surface area (Å²) in [5.41, 5.74) is 2.22. The van der Waals surface area contributed by atoms with E-state index in [0.717, 1.165) is 11.1 Å². The minimum absolute atomic E-state index is 0.0654. The summed E-state index contributed by atoms with van der Waals surface area (Å²) >= 11 is 1.45. The third-order valence-corrected chi connectivity index (χ3v) is 4.82. The molecule has 0 aliphatic heterocycles. The molecule has 0 atom stereocenters. The maximum atomic E-state index is 11.4. The number of rotatable bonds is 6. The third kappa shape index (κ3) is 3.65. The molecule has 0 saturated carbocycles. The predicted octanol–water partition coefficient (Wildman–Crippen LogP) is 4.44. The van der Waals surface area contributed by atoms with Gasteiger partial charge in [-0.15, -0.1) is 0 Å². The topological polar surface area (TPSA) is 61.0 Å². The number of aryl methyl sites for hydroxylation is 1. The molecule has 0 unspecified atom stereocenters. The van der Waals surface area contributed by atoms with Gasteiger partial charge < -0.3 is 10.1 Å². The van der Waals surface area contributed by atoms with E-state index in [0.29, 0.717) is 23.1 Å². The second-order valence-electron chi connectivity index (χ2n) is 5.39. The van der Waals surface area contributed by atoms with Gasteiger partial charge in [-0.2, -0.15) is 0 Å². The summed E-state index contributed by atoms with van der Waals surface area (Å²) in [4.78, 5) is 15.1. The quantitative estimate of drug-likeness (QED) is 0.378. The number of hydrogen-bond donors (Lipinski definition) is 0. The number of nitro groups is 1. The molecule has 0 radical (unpaired) electrons. The maximum absolute atomic E-state index is 11.4. The van der Waals surface area contributed by atoms with Gasteiger partial charge in [0.25, 0.3) is 0 Å². The average Bonchev–Trinajstić information content (AvgIpc) is 2.91. The molecule has 122 valence electrons. The summed E-state index contributed by atoms with van der Waals surface area (Å²) in [5, 5.41) is 12.0. The van der Waals surface area contributed by atoms with Gasteiger partial charge in [0.15, 0.2) is 5.03 Å². The fraction of sp³-hybridized carbons (Fsp3) is 0.167. The van der Waals surface area contributed by atoms with Gasteiger partial charge >= 0.3 is 5.82 Å². The smallest absolute Gasteiger partial charge is 0.358 e. The number of thioether (sulfide) groups is 1. The molecule has 3 aromatic rings. The molecule has 1 aromatic heterocycles. The average molecular weight is 339 g/mol. The maximum Gasteiger partial charge on any atom is 0.396 e. The number of aromatic nitrogens is 2. The Balaban J connectivity index is 1.91. The fourth-order valence-electron chi connectivity index (χ4n) is 2.47. The van der Waals surface area contributed by atoms with Crippen molar-refractivity contribution in [3.05, 3.63) is 87.7 Å². The summed E-state index contributed by atoms with van der Waals surface area (Å²) in [6.45, 7) is 2.38. The minimum Gasteiger partial charge on any atom is -0.358 e. The Kier molecular flexibility index (Phi) is 4.96. The van der Waals surface area contributed by atoms with Crippen molar-refractivity contribution in [2.75, 3.05) is 0 Å². The monoisotopic (exact) mass is 339 g/mol. The second-order valence-corrected chi connectivity index (χ2v) is 6.35. The van der Waals surface area contributed by atoms with Crippen LogP contribution in [0.2, 0.25) is 0 Å². The Hall–Kier alpha value is -2.60. The molecule has 3 rings (SSSR count). The minimum atomic E-state index is -0.401. The molecule has 5 nitrogen and oxygen atoms in total. The molecule has 24 heavy (non-hydrogen) atoms. The van der Waals surface area contributed by atoms with Crippen molar-refractivity contribution < 1.29 is 4.92 Å².